The first-order valence-corrected chi connectivity index (χ1v) is 11.4. The fourth-order valence-corrected chi connectivity index (χ4v) is 5.98. The van der Waals surface area contributed by atoms with E-state index in [1.165, 1.54) is 27.7 Å². The summed E-state index contributed by atoms with van der Waals surface area (Å²) in [6.45, 7) is 0. The number of para-hydroxylation sites is 3. The van der Waals surface area contributed by atoms with Gasteiger partial charge in [0.15, 0.2) is 0 Å². The van der Waals surface area contributed by atoms with Crippen molar-refractivity contribution in [1.29, 1.82) is 0 Å². The van der Waals surface area contributed by atoms with Crippen molar-refractivity contribution in [3.63, 3.8) is 0 Å². The Morgan fingerprint density at radius 3 is 1.62 bits per heavy atom. The van der Waals surface area contributed by atoms with Crippen LogP contribution in [-0.2, 0) is 0 Å². The van der Waals surface area contributed by atoms with Crippen LogP contribution in [0.5, 0.6) is 0 Å². The van der Waals surface area contributed by atoms with Gasteiger partial charge in [0.1, 0.15) is 0 Å². The standard InChI is InChI=1S/C25H21BN2P/c1-4-12-21(13-5-1)28-25-19-11-10-18-24(25)27(26-28)20-29(22-14-6-2-7-15-22)23-16-8-3-9-17-23/h1-19H,20H2. The largest absolute Gasteiger partial charge is 0.396 e. The molecule has 1 aliphatic rings. The molecule has 0 aromatic heterocycles. The van der Waals surface area contributed by atoms with E-state index >= 15 is 0 Å². The lowest BCUT2D eigenvalue weighted by molar-refractivity contribution is 1.30. The Morgan fingerprint density at radius 1 is 0.552 bits per heavy atom. The SMILES string of the molecule is [B]1N(CP(c2ccccc2)c2ccccc2)c2ccccc2N1c1ccccc1. The van der Waals surface area contributed by atoms with Crippen LogP contribution in [0, 0.1) is 0 Å². The van der Waals surface area contributed by atoms with Gasteiger partial charge in [-0.25, -0.2) is 0 Å². The van der Waals surface area contributed by atoms with E-state index in [9.17, 15) is 0 Å². The summed E-state index contributed by atoms with van der Waals surface area (Å²) >= 11 is 0. The lowest BCUT2D eigenvalue weighted by Gasteiger charge is -2.27. The molecule has 5 rings (SSSR count). The van der Waals surface area contributed by atoms with Gasteiger partial charge in [-0.1, -0.05) is 91.0 Å². The molecular weight excluding hydrogens is 370 g/mol. The molecule has 0 atom stereocenters. The second-order valence-electron chi connectivity index (χ2n) is 7.02. The Morgan fingerprint density at radius 2 is 1.03 bits per heavy atom. The Bertz CT molecular complexity index is 1030. The summed E-state index contributed by atoms with van der Waals surface area (Å²) in [6.07, 6.45) is 0.948. The minimum atomic E-state index is -0.506. The Kier molecular flexibility index (Phi) is 5.07. The first-order chi connectivity index (χ1) is 14.4. The zero-order chi connectivity index (χ0) is 19.5. The van der Waals surface area contributed by atoms with Crippen molar-refractivity contribution < 1.29 is 0 Å². The Labute approximate surface area is 174 Å². The van der Waals surface area contributed by atoms with Gasteiger partial charge >= 0.3 is 7.55 Å². The monoisotopic (exact) mass is 391 g/mol. The Balaban J connectivity index is 1.51. The first kappa shape index (κ1) is 18.0. The molecule has 0 N–H and O–H groups in total. The third-order valence-electron chi connectivity index (χ3n) is 5.17. The van der Waals surface area contributed by atoms with Crippen molar-refractivity contribution >= 4 is 43.1 Å². The van der Waals surface area contributed by atoms with Crippen molar-refractivity contribution in [3.8, 4) is 0 Å². The quantitative estimate of drug-likeness (QED) is 0.338. The molecule has 139 valence electrons. The summed E-state index contributed by atoms with van der Waals surface area (Å²) in [6, 6.07) is 41.0. The smallest absolute Gasteiger partial charge is 0.392 e. The van der Waals surface area contributed by atoms with Crippen LogP contribution < -0.4 is 20.2 Å². The molecule has 0 saturated heterocycles. The van der Waals surface area contributed by atoms with Crippen molar-refractivity contribution in [2.45, 2.75) is 0 Å². The van der Waals surface area contributed by atoms with Crippen LogP contribution in [0.25, 0.3) is 0 Å². The van der Waals surface area contributed by atoms with E-state index in [0.29, 0.717) is 0 Å². The molecule has 0 aliphatic carbocycles. The zero-order valence-electron chi connectivity index (χ0n) is 16.1. The van der Waals surface area contributed by atoms with Gasteiger partial charge in [0, 0.05) is 17.7 Å². The Hall–Kier alpha value is -3.03. The number of hydrogen-bond donors (Lipinski definition) is 0. The maximum Gasteiger partial charge on any atom is 0.396 e. The van der Waals surface area contributed by atoms with E-state index in [1.54, 1.807) is 0 Å². The fraction of sp³-hybridized carbons (Fsp3) is 0.0400. The molecule has 0 unspecified atom stereocenters. The van der Waals surface area contributed by atoms with Crippen LogP contribution in [0.1, 0.15) is 0 Å². The van der Waals surface area contributed by atoms with Gasteiger partial charge in [0.25, 0.3) is 0 Å². The third kappa shape index (κ3) is 3.66. The van der Waals surface area contributed by atoms with E-state index in [-0.39, 0.29) is 0 Å². The molecule has 4 aromatic rings. The zero-order valence-corrected chi connectivity index (χ0v) is 17.0. The molecule has 0 fully saturated rings. The summed E-state index contributed by atoms with van der Waals surface area (Å²) < 4.78 is 0. The molecule has 1 heterocycles. The van der Waals surface area contributed by atoms with Crippen molar-refractivity contribution in [2.24, 2.45) is 0 Å². The van der Waals surface area contributed by atoms with Crippen molar-refractivity contribution in [3.05, 3.63) is 115 Å². The van der Waals surface area contributed by atoms with Gasteiger partial charge in [-0.2, -0.15) is 0 Å². The van der Waals surface area contributed by atoms with E-state index in [0.717, 1.165) is 6.29 Å². The molecule has 1 radical (unpaired) electrons. The van der Waals surface area contributed by atoms with E-state index < -0.39 is 7.92 Å². The topological polar surface area (TPSA) is 6.48 Å². The molecular formula is C25H21BN2P. The van der Waals surface area contributed by atoms with Gasteiger partial charge in [0.05, 0.1) is 5.69 Å². The molecule has 4 aromatic carbocycles. The first-order valence-electron chi connectivity index (χ1n) is 9.83. The molecule has 0 amide bonds. The minimum absolute atomic E-state index is 0.506. The van der Waals surface area contributed by atoms with Gasteiger partial charge in [-0.3, -0.25) is 0 Å². The maximum absolute atomic E-state index is 2.41. The number of nitrogens with zero attached hydrogens (tertiary/aromatic N) is 2. The molecule has 29 heavy (non-hydrogen) atoms. The van der Waals surface area contributed by atoms with E-state index in [1.807, 2.05) is 0 Å². The number of rotatable bonds is 5. The predicted octanol–water partition coefficient (Wildman–Crippen LogP) is 5.27. The highest BCUT2D eigenvalue weighted by Crippen LogP contribution is 2.43. The normalized spacial score (nSPS) is 12.7. The predicted molar refractivity (Wildman–Crippen MR) is 127 cm³/mol. The molecule has 1 aliphatic heterocycles. The van der Waals surface area contributed by atoms with Gasteiger partial charge in [-0.05, 0) is 42.8 Å². The maximum atomic E-state index is 2.41. The average molecular weight is 391 g/mol. The third-order valence-corrected chi connectivity index (χ3v) is 7.60. The molecule has 0 spiro atoms. The summed E-state index contributed by atoms with van der Waals surface area (Å²) in [5.74, 6) is 0. The highest BCUT2D eigenvalue weighted by Gasteiger charge is 2.31. The lowest BCUT2D eigenvalue weighted by atomic mass is 10.1. The van der Waals surface area contributed by atoms with E-state index in [4.69, 9.17) is 0 Å². The highest BCUT2D eigenvalue weighted by atomic mass is 31.1. The van der Waals surface area contributed by atoms with Crippen LogP contribution in [0.3, 0.4) is 0 Å². The van der Waals surface area contributed by atoms with E-state index in [2.05, 4.69) is 132 Å². The van der Waals surface area contributed by atoms with Gasteiger partial charge in [-0.15, -0.1) is 0 Å². The van der Waals surface area contributed by atoms with Crippen LogP contribution >= 0.6 is 7.92 Å². The van der Waals surface area contributed by atoms with Crippen LogP contribution in [0.2, 0.25) is 0 Å². The average Bonchev–Trinajstić information content (AvgIpc) is 3.18. The van der Waals surface area contributed by atoms with Gasteiger partial charge < -0.3 is 9.62 Å². The fourth-order valence-electron chi connectivity index (χ4n) is 3.76. The molecule has 0 bridgehead atoms. The minimum Gasteiger partial charge on any atom is -0.392 e. The highest BCUT2D eigenvalue weighted by molar-refractivity contribution is 7.73. The molecule has 2 nitrogen and oxygen atoms in total. The van der Waals surface area contributed by atoms with Crippen molar-refractivity contribution in [2.75, 3.05) is 15.9 Å². The van der Waals surface area contributed by atoms with Crippen LogP contribution in [0.4, 0.5) is 17.1 Å². The van der Waals surface area contributed by atoms with Crippen LogP contribution in [0.15, 0.2) is 115 Å². The number of benzene rings is 4. The second-order valence-corrected chi connectivity index (χ2v) is 9.19. The van der Waals surface area contributed by atoms with Gasteiger partial charge in [0.2, 0.25) is 0 Å². The lowest BCUT2D eigenvalue weighted by Crippen LogP contribution is -2.34. The number of hydrogen-bond acceptors (Lipinski definition) is 2. The summed E-state index contributed by atoms with van der Waals surface area (Å²) in [5.41, 5.74) is 3.68. The summed E-state index contributed by atoms with van der Waals surface area (Å²) in [7, 11) is 1.74. The number of anilines is 3. The molecule has 0 saturated carbocycles. The second kappa shape index (κ2) is 8.15. The summed E-state index contributed by atoms with van der Waals surface area (Å²) in [4.78, 5) is 4.70. The van der Waals surface area contributed by atoms with Crippen molar-refractivity contribution in [1.82, 2.24) is 0 Å². The number of fused-ring (bicyclic) bond motifs is 1. The van der Waals surface area contributed by atoms with Crippen LogP contribution in [-0.4, -0.2) is 13.8 Å². The summed E-state index contributed by atoms with van der Waals surface area (Å²) in [5, 5.41) is 2.80. The molecule has 4 heteroatoms.